The third-order valence-electron chi connectivity index (χ3n) is 2.77. The van der Waals surface area contributed by atoms with Crippen LogP contribution in [-0.2, 0) is 4.74 Å². The molecule has 2 rings (SSSR count). The van der Waals surface area contributed by atoms with Crippen LogP contribution in [0.1, 0.15) is 18.4 Å². The lowest BCUT2D eigenvalue weighted by molar-refractivity contribution is 0.0904. The standard InChI is InChI=1S/C12H15N3O/c13-8-9-7-11(1-2-12(9)14)15-10-3-5-16-6-4-10/h1-2,7,10,15H,3-6,14H2. The Kier molecular flexibility index (Phi) is 3.28. The summed E-state index contributed by atoms with van der Waals surface area (Å²) in [5, 5.41) is 12.3. The van der Waals surface area contributed by atoms with Gasteiger partial charge in [-0.15, -0.1) is 0 Å². The molecule has 16 heavy (non-hydrogen) atoms. The lowest BCUT2D eigenvalue weighted by Crippen LogP contribution is -2.27. The van der Waals surface area contributed by atoms with Gasteiger partial charge in [0.1, 0.15) is 6.07 Å². The van der Waals surface area contributed by atoms with Gasteiger partial charge in [0.25, 0.3) is 0 Å². The third-order valence-corrected chi connectivity index (χ3v) is 2.77. The zero-order chi connectivity index (χ0) is 11.4. The summed E-state index contributed by atoms with van der Waals surface area (Å²) in [4.78, 5) is 0. The fourth-order valence-corrected chi connectivity index (χ4v) is 1.82. The predicted octanol–water partition coefficient (Wildman–Crippen LogP) is 1.73. The highest BCUT2D eigenvalue weighted by Crippen LogP contribution is 2.19. The summed E-state index contributed by atoms with van der Waals surface area (Å²) in [6.07, 6.45) is 2.01. The molecule has 1 aliphatic heterocycles. The monoisotopic (exact) mass is 217 g/mol. The second-order valence-electron chi connectivity index (χ2n) is 3.94. The Labute approximate surface area is 95.0 Å². The minimum atomic E-state index is 0.434. The van der Waals surface area contributed by atoms with E-state index in [9.17, 15) is 0 Å². The van der Waals surface area contributed by atoms with Crippen LogP contribution < -0.4 is 11.1 Å². The van der Waals surface area contributed by atoms with Crippen molar-refractivity contribution in [1.29, 1.82) is 5.26 Å². The Morgan fingerprint density at radius 2 is 2.12 bits per heavy atom. The molecule has 84 valence electrons. The summed E-state index contributed by atoms with van der Waals surface area (Å²) in [5.74, 6) is 0. The number of hydrogen-bond acceptors (Lipinski definition) is 4. The molecule has 4 heteroatoms. The number of nitrogen functional groups attached to an aromatic ring is 1. The summed E-state index contributed by atoms with van der Waals surface area (Å²) in [7, 11) is 0. The fraction of sp³-hybridized carbons (Fsp3) is 0.417. The number of nitrogens with zero attached hydrogens (tertiary/aromatic N) is 1. The van der Waals surface area contributed by atoms with Crippen LogP contribution in [0.5, 0.6) is 0 Å². The first-order valence-electron chi connectivity index (χ1n) is 5.43. The van der Waals surface area contributed by atoms with Crippen LogP contribution in [0.15, 0.2) is 18.2 Å². The summed E-state index contributed by atoms with van der Waals surface area (Å²) in [6.45, 7) is 1.61. The molecular weight excluding hydrogens is 202 g/mol. The number of anilines is 2. The van der Waals surface area contributed by atoms with E-state index in [1.54, 1.807) is 12.1 Å². The first-order chi connectivity index (χ1) is 7.79. The highest BCUT2D eigenvalue weighted by molar-refractivity contribution is 5.62. The minimum Gasteiger partial charge on any atom is -0.398 e. The normalized spacial score (nSPS) is 16.7. The Bertz CT molecular complexity index is 405. The van der Waals surface area contributed by atoms with E-state index in [2.05, 4.69) is 11.4 Å². The molecule has 0 saturated carbocycles. The van der Waals surface area contributed by atoms with Gasteiger partial charge in [0, 0.05) is 30.6 Å². The van der Waals surface area contributed by atoms with Crippen LogP contribution >= 0.6 is 0 Å². The van der Waals surface area contributed by atoms with Crippen molar-refractivity contribution in [2.75, 3.05) is 24.3 Å². The zero-order valence-electron chi connectivity index (χ0n) is 9.07. The molecule has 1 aromatic rings. The van der Waals surface area contributed by atoms with E-state index in [1.807, 2.05) is 6.07 Å². The molecular formula is C12H15N3O. The smallest absolute Gasteiger partial charge is 0.101 e. The van der Waals surface area contributed by atoms with E-state index in [-0.39, 0.29) is 0 Å². The van der Waals surface area contributed by atoms with Gasteiger partial charge >= 0.3 is 0 Å². The first kappa shape index (κ1) is 10.8. The van der Waals surface area contributed by atoms with Crippen LogP contribution in [-0.4, -0.2) is 19.3 Å². The van der Waals surface area contributed by atoms with Crippen molar-refractivity contribution in [1.82, 2.24) is 0 Å². The molecule has 3 N–H and O–H groups in total. The van der Waals surface area contributed by atoms with Gasteiger partial charge < -0.3 is 15.8 Å². The lowest BCUT2D eigenvalue weighted by atomic mass is 10.1. The highest BCUT2D eigenvalue weighted by Gasteiger charge is 2.13. The number of benzene rings is 1. The van der Waals surface area contributed by atoms with Crippen molar-refractivity contribution in [3.8, 4) is 6.07 Å². The van der Waals surface area contributed by atoms with Gasteiger partial charge in [-0.1, -0.05) is 0 Å². The molecule has 1 aromatic carbocycles. The van der Waals surface area contributed by atoms with E-state index in [1.165, 1.54) is 0 Å². The molecule has 4 nitrogen and oxygen atoms in total. The van der Waals surface area contributed by atoms with Crippen molar-refractivity contribution in [3.05, 3.63) is 23.8 Å². The average molecular weight is 217 g/mol. The van der Waals surface area contributed by atoms with Crippen LogP contribution in [0.4, 0.5) is 11.4 Å². The van der Waals surface area contributed by atoms with E-state index in [0.29, 0.717) is 17.3 Å². The number of nitrogens with one attached hydrogen (secondary N) is 1. The van der Waals surface area contributed by atoms with Crippen LogP contribution in [0, 0.1) is 11.3 Å². The van der Waals surface area contributed by atoms with Gasteiger partial charge in [0.2, 0.25) is 0 Å². The predicted molar refractivity (Wildman–Crippen MR) is 63.0 cm³/mol. The molecule has 1 heterocycles. The van der Waals surface area contributed by atoms with Gasteiger partial charge in [0.15, 0.2) is 0 Å². The molecule has 0 aliphatic carbocycles. The second kappa shape index (κ2) is 4.86. The molecule has 1 saturated heterocycles. The number of hydrogen-bond donors (Lipinski definition) is 2. The molecule has 0 aromatic heterocycles. The quantitative estimate of drug-likeness (QED) is 0.740. The van der Waals surface area contributed by atoms with Crippen molar-refractivity contribution in [2.45, 2.75) is 18.9 Å². The molecule has 0 radical (unpaired) electrons. The van der Waals surface area contributed by atoms with Crippen LogP contribution in [0.25, 0.3) is 0 Å². The molecule has 0 spiro atoms. The van der Waals surface area contributed by atoms with Gasteiger partial charge in [0.05, 0.1) is 5.56 Å². The minimum absolute atomic E-state index is 0.434. The molecule has 1 aliphatic rings. The molecule has 0 atom stereocenters. The van der Waals surface area contributed by atoms with Gasteiger partial charge in [-0.3, -0.25) is 0 Å². The lowest BCUT2D eigenvalue weighted by Gasteiger charge is -2.24. The van der Waals surface area contributed by atoms with E-state index < -0.39 is 0 Å². The SMILES string of the molecule is N#Cc1cc(NC2CCOCC2)ccc1N. The molecule has 0 bridgehead atoms. The first-order valence-corrected chi connectivity index (χ1v) is 5.43. The van der Waals surface area contributed by atoms with Crippen LogP contribution in [0.3, 0.4) is 0 Å². The fourth-order valence-electron chi connectivity index (χ4n) is 1.82. The summed E-state index contributed by atoms with van der Waals surface area (Å²) < 4.78 is 5.29. The van der Waals surface area contributed by atoms with Gasteiger partial charge in [-0.05, 0) is 31.0 Å². The van der Waals surface area contributed by atoms with E-state index >= 15 is 0 Å². The third kappa shape index (κ3) is 2.44. The van der Waals surface area contributed by atoms with Crippen LogP contribution in [0.2, 0.25) is 0 Å². The highest BCUT2D eigenvalue weighted by atomic mass is 16.5. The summed E-state index contributed by atoms with van der Waals surface area (Å²) in [5.41, 5.74) is 7.67. The molecule has 0 unspecified atom stereocenters. The molecule has 1 fully saturated rings. The van der Waals surface area contributed by atoms with Crippen molar-refractivity contribution < 1.29 is 4.74 Å². The van der Waals surface area contributed by atoms with Crippen molar-refractivity contribution in [2.24, 2.45) is 0 Å². The number of nitriles is 1. The van der Waals surface area contributed by atoms with Crippen molar-refractivity contribution >= 4 is 11.4 Å². The second-order valence-corrected chi connectivity index (χ2v) is 3.94. The Balaban J connectivity index is 2.06. The van der Waals surface area contributed by atoms with E-state index in [0.717, 1.165) is 31.7 Å². The zero-order valence-corrected chi connectivity index (χ0v) is 9.07. The maximum absolute atomic E-state index is 8.87. The van der Waals surface area contributed by atoms with Gasteiger partial charge in [-0.2, -0.15) is 5.26 Å². The topological polar surface area (TPSA) is 71.1 Å². The maximum Gasteiger partial charge on any atom is 0.101 e. The Morgan fingerprint density at radius 3 is 2.81 bits per heavy atom. The Hall–Kier alpha value is -1.73. The summed E-state index contributed by atoms with van der Waals surface area (Å²) in [6, 6.07) is 7.99. The van der Waals surface area contributed by atoms with Crippen molar-refractivity contribution in [3.63, 3.8) is 0 Å². The molecule has 0 amide bonds. The number of rotatable bonds is 2. The van der Waals surface area contributed by atoms with Gasteiger partial charge in [-0.25, -0.2) is 0 Å². The Morgan fingerprint density at radius 1 is 1.38 bits per heavy atom. The average Bonchev–Trinajstić information content (AvgIpc) is 2.33. The number of nitrogens with two attached hydrogens (primary N) is 1. The largest absolute Gasteiger partial charge is 0.398 e. The maximum atomic E-state index is 8.87. The van der Waals surface area contributed by atoms with E-state index in [4.69, 9.17) is 15.7 Å². The number of ether oxygens (including phenoxy) is 1. The summed E-state index contributed by atoms with van der Waals surface area (Å²) >= 11 is 0.